The van der Waals surface area contributed by atoms with Gasteiger partial charge in [0.2, 0.25) is 0 Å². The minimum absolute atomic E-state index is 0.100. The van der Waals surface area contributed by atoms with E-state index >= 15 is 0 Å². The van der Waals surface area contributed by atoms with E-state index in [9.17, 15) is 19.2 Å². The SMILES string of the molecule is C=CC(=O)OC(CCC)(OC(=O)C=C)OC(=O)CC=O. The average molecular weight is 284 g/mol. The number of rotatable bonds is 9. The van der Waals surface area contributed by atoms with Gasteiger partial charge in [0.15, 0.2) is 0 Å². The fraction of sp³-hybridized carbons (Fsp3) is 0.385. The van der Waals surface area contributed by atoms with Gasteiger partial charge in [-0.15, -0.1) is 0 Å². The van der Waals surface area contributed by atoms with Crippen molar-refractivity contribution in [2.45, 2.75) is 32.2 Å². The number of hydrogen-bond acceptors (Lipinski definition) is 7. The molecule has 0 bridgehead atoms. The summed E-state index contributed by atoms with van der Waals surface area (Å²) in [6.07, 6.45) is 1.64. The number of esters is 3. The van der Waals surface area contributed by atoms with Crippen LogP contribution in [0, 0.1) is 0 Å². The monoisotopic (exact) mass is 284 g/mol. The largest absolute Gasteiger partial charge is 0.423 e. The molecule has 20 heavy (non-hydrogen) atoms. The third kappa shape index (κ3) is 5.94. The highest BCUT2D eigenvalue weighted by Gasteiger charge is 2.41. The van der Waals surface area contributed by atoms with Crippen molar-refractivity contribution in [2.24, 2.45) is 0 Å². The maximum Gasteiger partial charge on any atom is 0.423 e. The van der Waals surface area contributed by atoms with E-state index in [-0.39, 0.29) is 6.42 Å². The van der Waals surface area contributed by atoms with Gasteiger partial charge < -0.3 is 19.0 Å². The maximum atomic E-state index is 11.4. The molecule has 0 rings (SSSR count). The quantitative estimate of drug-likeness (QED) is 0.205. The summed E-state index contributed by atoms with van der Waals surface area (Å²) < 4.78 is 14.4. The molecule has 0 N–H and O–H groups in total. The molecular weight excluding hydrogens is 268 g/mol. The Kier molecular flexibility index (Phi) is 7.57. The van der Waals surface area contributed by atoms with Crippen molar-refractivity contribution < 1.29 is 33.4 Å². The molecule has 0 fully saturated rings. The van der Waals surface area contributed by atoms with Crippen molar-refractivity contribution >= 4 is 24.2 Å². The van der Waals surface area contributed by atoms with E-state index in [0.717, 1.165) is 12.2 Å². The lowest BCUT2D eigenvalue weighted by atomic mass is 10.3. The number of aldehydes is 1. The third-order valence-electron chi connectivity index (χ3n) is 1.92. The summed E-state index contributed by atoms with van der Waals surface area (Å²) in [7, 11) is 0. The first-order valence-electron chi connectivity index (χ1n) is 5.79. The first kappa shape index (κ1) is 17.6. The molecule has 0 aromatic carbocycles. The molecule has 0 radical (unpaired) electrons. The average Bonchev–Trinajstić information content (AvgIpc) is 2.38. The second-order valence-corrected chi connectivity index (χ2v) is 3.53. The Morgan fingerprint density at radius 2 is 1.55 bits per heavy atom. The van der Waals surface area contributed by atoms with E-state index in [2.05, 4.69) is 13.2 Å². The standard InChI is InChI=1S/C13H16O7/c1-4-8-13(18-10(15)5-2,19-11(16)6-3)20-12(17)7-9-14/h5-6,9H,2-4,7-8H2,1H3. The predicted molar refractivity (Wildman–Crippen MR) is 67.0 cm³/mol. The van der Waals surface area contributed by atoms with Crippen molar-refractivity contribution in [1.82, 2.24) is 0 Å². The zero-order valence-electron chi connectivity index (χ0n) is 11.1. The zero-order valence-corrected chi connectivity index (χ0v) is 11.1. The molecule has 0 spiro atoms. The first-order chi connectivity index (χ1) is 9.42. The minimum atomic E-state index is -2.23. The summed E-state index contributed by atoms with van der Waals surface area (Å²) >= 11 is 0. The van der Waals surface area contributed by atoms with Gasteiger partial charge in [0.1, 0.15) is 12.7 Å². The van der Waals surface area contributed by atoms with Crippen molar-refractivity contribution in [3.05, 3.63) is 25.3 Å². The summed E-state index contributed by atoms with van der Waals surface area (Å²) in [6.45, 7) is 8.06. The van der Waals surface area contributed by atoms with E-state index in [0.29, 0.717) is 12.7 Å². The second kappa shape index (κ2) is 8.63. The zero-order chi connectivity index (χ0) is 15.6. The van der Waals surface area contributed by atoms with Crippen LogP contribution in [0.15, 0.2) is 25.3 Å². The molecule has 0 aromatic rings. The Morgan fingerprint density at radius 1 is 1.05 bits per heavy atom. The molecule has 0 aliphatic rings. The molecule has 7 nitrogen and oxygen atoms in total. The molecule has 0 amide bonds. The van der Waals surface area contributed by atoms with Crippen LogP contribution in [0.5, 0.6) is 0 Å². The molecule has 0 atom stereocenters. The lowest BCUT2D eigenvalue weighted by Crippen LogP contribution is -2.44. The van der Waals surface area contributed by atoms with Gasteiger partial charge in [0.05, 0.1) is 6.42 Å². The molecule has 0 aliphatic heterocycles. The normalized spacial score (nSPS) is 10.1. The molecule has 0 saturated heterocycles. The van der Waals surface area contributed by atoms with Gasteiger partial charge in [0, 0.05) is 12.2 Å². The van der Waals surface area contributed by atoms with Gasteiger partial charge in [-0.2, -0.15) is 0 Å². The lowest BCUT2D eigenvalue weighted by Gasteiger charge is -2.30. The van der Waals surface area contributed by atoms with Crippen molar-refractivity contribution in [2.75, 3.05) is 0 Å². The van der Waals surface area contributed by atoms with Gasteiger partial charge in [-0.25, -0.2) is 9.59 Å². The van der Waals surface area contributed by atoms with E-state index in [4.69, 9.17) is 14.2 Å². The van der Waals surface area contributed by atoms with Gasteiger partial charge >= 0.3 is 23.9 Å². The molecule has 7 heteroatoms. The molecule has 0 unspecified atom stereocenters. The molecule has 0 aromatic heterocycles. The molecule has 0 heterocycles. The van der Waals surface area contributed by atoms with Crippen LogP contribution in [0.4, 0.5) is 0 Å². The van der Waals surface area contributed by atoms with Crippen LogP contribution in [0.3, 0.4) is 0 Å². The summed E-state index contributed by atoms with van der Waals surface area (Å²) in [5.74, 6) is -5.13. The highest BCUT2D eigenvalue weighted by Crippen LogP contribution is 2.24. The van der Waals surface area contributed by atoms with E-state index in [1.54, 1.807) is 6.92 Å². The lowest BCUT2D eigenvalue weighted by molar-refractivity contribution is -0.328. The Bertz CT molecular complexity index is 389. The van der Waals surface area contributed by atoms with E-state index in [1.165, 1.54) is 0 Å². The predicted octanol–water partition coefficient (Wildman–Crippen LogP) is 1.03. The fourth-order valence-corrected chi connectivity index (χ4v) is 1.19. The van der Waals surface area contributed by atoms with Crippen LogP contribution < -0.4 is 0 Å². The number of carbonyl (C=O) groups excluding carboxylic acids is 4. The van der Waals surface area contributed by atoms with Gasteiger partial charge in [-0.3, -0.25) is 4.79 Å². The maximum absolute atomic E-state index is 11.4. The molecular formula is C13H16O7. The Morgan fingerprint density at radius 3 is 1.90 bits per heavy atom. The van der Waals surface area contributed by atoms with E-state index < -0.39 is 30.3 Å². The molecule has 110 valence electrons. The van der Waals surface area contributed by atoms with Crippen LogP contribution >= 0.6 is 0 Å². The van der Waals surface area contributed by atoms with Crippen LogP contribution in [0.1, 0.15) is 26.2 Å². The van der Waals surface area contributed by atoms with Crippen LogP contribution in [0.2, 0.25) is 0 Å². The Labute approximate surface area is 116 Å². The number of hydrogen-bond donors (Lipinski definition) is 0. The van der Waals surface area contributed by atoms with E-state index in [1.807, 2.05) is 0 Å². The van der Waals surface area contributed by atoms with Crippen LogP contribution in [-0.2, 0) is 33.4 Å². The summed E-state index contributed by atoms with van der Waals surface area (Å²) in [5, 5.41) is 0. The Balaban J connectivity index is 5.27. The summed E-state index contributed by atoms with van der Waals surface area (Å²) in [6, 6.07) is 0. The second-order valence-electron chi connectivity index (χ2n) is 3.53. The van der Waals surface area contributed by atoms with Crippen LogP contribution in [-0.4, -0.2) is 30.2 Å². The minimum Gasteiger partial charge on any atom is -0.388 e. The number of ether oxygens (including phenoxy) is 3. The highest BCUT2D eigenvalue weighted by molar-refractivity contribution is 5.85. The third-order valence-corrected chi connectivity index (χ3v) is 1.92. The molecule has 0 aliphatic carbocycles. The van der Waals surface area contributed by atoms with Gasteiger partial charge in [0.25, 0.3) is 0 Å². The summed E-state index contributed by atoms with van der Waals surface area (Å²) in [4.78, 5) is 44.2. The molecule has 0 saturated carbocycles. The number of carbonyl (C=O) groups is 4. The van der Waals surface area contributed by atoms with Gasteiger partial charge in [-0.1, -0.05) is 20.1 Å². The van der Waals surface area contributed by atoms with Crippen LogP contribution in [0.25, 0.3) is 0 Å². The smallest absolute Gasteiger partial charge is 0.388 e. The fourth-order valence-electron chi connectivity index (χ4n) is 1.19. The summed E-state index contributed by atoms with van der Waals surface area (Å²) in [5.41, 5.74) is 0. The van der Waals surface area contributed by atoms with Gasteiger partial charge in [-0.05, 0) is 6.42 Å². The highest BCUT2D eigenvalue weighted by atomic mass is 16.9. The topological polar surface area (TPSA) is 96.0 Å². The van der Waals surface area contributed by atoms with Crippen molar-refractivity contribution in [3.63, 3.8) is 0 Å². The Hall–Kier alpha value is -2.44. The van der Waals surface area contributed by atoms with Crippen molar-refractivity contribution in [3.8, 4) is 0 Å². The first-order valence-corrected chi connectivity index (χ1v) is 5.79. The van der Waals surface area contributed by atoms with Crippen molar-refractivity contribution in [1.29, 1.82) is 0 Å².